The summed E-state index contributed by atoms with van der Waals surface area (Å²) in [6, 6.07) is 4.33. The molecule has 20 heavy (non-hydrogen) atoms. The fourth-order valence-corrected chi connectivity index (χ4v) is 3.49. The smallest absolute Gasteiger partial charge is 0.125 e. The van der Waals surface area contributed by atoms with Crippen molar-refractivity contribution >= 4 is 17.2 Å². The Morgan fingerprint density at radius 2 is 2.35 bits per heavy atom. The maximum atomic E-state index is 4.39. The highest BCUT2D eigenvalue weighted by Gasteiger charge is 2.22. The molecule has 1 aliphatic heterocycles. The number of rotatable bonds is 4. The topological polar surface area (TPSA) is 41.0 Å². The highest BCUT2D eigenvalue weighted by atomic mass is 32.1. The van der Waals surface area contributed by atoms with Crippen LogP contribution in [-0.4, -0.2) is 35.0 Å². The van der Waals surface area contributed by atoms with E-state index in [1.807, 2.05) is 19.4 Å². The molecule has 4 nitrogen and oxygen atoms in total. The molecule has 106 valence electrons. The highest BCUT2D eigenvalue weighted by Crippen LogP contribution is 2.28. The number of nitrogens with one attached hydrogen (secondary N) is 1. The maximum Gasteiger partial charge on any atom is 0.125 e. The van der Waals surface area contributed by atoms with E-state index in [1.54, 1.807) is 11.3 Å². The number of aromatic nitrogens is 2. The molecule has 1 saturated heterocycles. The normalized spacial score (nSPS) is 19.9. The fourth-order valence-electron chi connectivity index (χ4n) is 2.83. The Labute approximate surface area is 123 Å². The van der Waals surface area contributed by atoms with Crippen LogP contribution in [0.25, 0.3) is 0 Å². The predicted octanol–water partition coefficient (Wildman–Crippen LogP) is 2.96. The maximum absolute atomic E-state index is 4.39. The van der Waals surface area contributed by atoms with Gasteiger partial charge in [0.15, 0.2) is 0 Å². The van der Waals surface area contributed by atoms with E-state index < -0.39 is 0 Å². The average Bonchev–Trinajstić information content (AvgIpc) is 3.00. The minimum atomic E-state index is 0.610. The summed E-state index contributed by atoms with van der Waals surface area (Å²) in [4.78, 5) is 11.2. The third-order valence-corrected chi connectivity index (χ3v) is 4.62. The predicted molar refractivity (Wildman–Crippen MR) is 83.1 cm³/mol. The van der Waals surface area contributed by atoms with E-state index >= 15 is 0 Å². The third-order valence-electron chi connectivity index (χ3n) is 3.86. The number of anilines is 1. The van der Waals surface area contributed by atoms with Crippen molar-refractivity contribution in [3.8, 4) is 0 Å². The Kier molecular flexibility index (Phi) is 4.28. The quantitative estimate of drug-likeness (QED) is 0.939. The Hall–Kier alpha value is -1.46. The van der Waals surface area contributed by atoms with Crippen molar-refractivity contribution in [1.29, 1.82) is 0 Å². The highest BCUT2D eigenvalue weighted by molar-refractivity contribution is 7.09. The summed E-state index contributed by atoms with van der Waals surface area (Å²) in [5.74, 6) is 1.57. The molecule has 5 heteroatoms. The second-order valence-corrected chi connectivity index (χ2v) is 6.20. The summed E-state index contributed by atoms with van der Waals surface area (Å²) < 4.78 is 0. The molecule has 0 radical (unpaired) electrons. The first-order chi connectivity index (χ1) is 9.85. The summed E-state index contributed by atoms with van der Waals surface area (Å²) in [6.45, 7) is 3.28. The molecule has 1 atom stereocenters. The van der Waals surface area contributed by atoms with Crippen molar-refractivity contribution in [2.45, 2.75) is 25.3 Å². The van der Waals surface area contributed by atoms with E-state index in [2.05, 4.69) is 37.7 Å². The van der Waals surface area contributed by atoms with Gasteiger partial charge in [-0.3, -0.25) is 4.90 Å². The number of pyridine rings is 1. The lowest BCUT2D eigenvalue weighted by Gasteiger charge is -2.32. The first-order valence-electron chi connectivity index (χ1n) is 7.09. The molecule has 3 rings (SSSR count). The molecular weight excluding hydrogens is 268 g/mol. The van der Waals surface area contributed by atoms with Gasteiger partial charge in [0.05, 0.1) is 6.54 Å². The van der Waals surface area contributed by atoms with Gasteiger partial charge >= 0.3 is 0 Å². The zero-order chi connectivity index (χ0) is 13.8. The minimum absolute atomic E-state index is 0.610. The largest absolute Gasteiger partial charge is 0.373 e. The number of hydrogen-bond donors (Lipinski definition) is 1. The second-order valence-electron chi connectivity index (χ2n) is 5.22. The van der Waals surface area contributed by atoms with E-state index in [0.717, 1.165) is 18.9 Å². The van der Waals surface area contributed by atoms with E-state index in [4.69, 9.17) is 0 Å². The number of likely N-dealkylation sites (tertiary alicyclic amines) is 1. The van der Waals surface area contributed by atoms with Crippen LogP contribution in [0.1, 0.15) is 29.3 Å². The SMILES string of the molecule is CNc1cc(C2CCCN(Cc3nccs3)C2)ccn1. The third kappa shape index (κ3) is 3.16. The number of hydrogen-bond acceptors (Lipinski definition) is 5. The van der Waals surface area contributed by atoms with Crippen molar-refractivity contribution in [3.05, 3.63) is 40.5 Å². The standard InChI is InChI=1S/C15H20N4S/c1-16-14-9-12(4-5-17-14)13-3-2-7-19(10-13)11-15-18-6-8-20-15/h4-6,8-9,13H,2-3,7,10-11H2,1H3,(H,16,17). The minimum Gasteiger partial charge on any atom is -0.373 e. The van der Waals surface area contributed by atoms with E-state index in [1.165, 1.54) is 30.0 Å². The molecule has 1 aliphatic rings. The zero-order valence-electron chi connectivity index (χ0n) is 11.7. The van der Waals surface area contributed by atoms with E-state index in [-0.39, 0.29) is 0 Å². The van der Waals surface area contributed by atoms with Crippen LogP contribution in [-0.2, 0) is 6.54 Å². The van der Waals surface area contributed by atoms with E-state index in [9.17, 15) is 0 Å². The van der Waals surface area contributed by atoms with Crippen LogP contribution in [0.5, 0.6) is 0 Å². The molecule has 3 heterocycles. The van der Waals surface area contributed by atoms with Gasteiger partial charge in [0.1, 0.15) is 10.8 Å². The molecule has 0 spiro atoms. The molecule has 0 aliphatic carbocycles. The van der Waals surface area contributed by atoms with Crippen molar-refractivity contribution < 1.29 is 0 Å². The van der Waals surface area contributed by atoms with Crippen LogP contribution >= 0.6 is 11.3 Å². The summed E-state index contributed by atoms with van der Waals surface area (Å²) >= 11 is 1.75. The van der Waals surface area contributed by atoms with Crippen molar-refractivity contribution in [2.24, 2.45) is 0 Å². The van der Waals surface area contributed by atoms with Crippen LogP contribution in [0.4, 0.5) is 5.82 Å². The number of piperidine rings is 1. The fraction of sp³-hybridized carbons (Fsp3) is 0.467. The van der Waals surface area contributed by atoms with Crippen LogP contribution < -0.4 is 5.32 Å². The van der Waals surface area contributed by atoms with Crippen molar-refractivity contribution in [1.82, 2.24) is 14.9 Å². The Bertz CT molecular complexity index is 541. The average molecular weight is 288 g/mol. The van der Waals surface area contributed by atoms with Gasteiger partial charge < -0.3 is 5.32 Å². The van der Waals surface area contributed by atoms with Gasteiger partial charge in [-0.2, -0.15) is 0 Å². The van der Waals surface area contributed by atoms with E-state index in [0.29, 0.717) is 5.92 Å². The number of nitrogens with zero attached hydrogens (tertiary/aromatic N) is 3. The molecular formula is C15H20N4S. The van der Waals surface area contributed by atoms with Gasteiger partial charge in [0.25, 0.3) is 0 Å². The molecule has 0 aromatic carbocycles. The first kappa shape index (κ1) is 13.5. The molecule has 0 saturated carbocycles. The van der Waals surface area contributed by atoms with Crippen LogP contribution in [0, 0.1) is 0 Å². The monoisotopic (exact) mass is 288 g/mol. The lowest BCUT2D eigenvalue weighted by Crippen LogP contribution is -2.33. The number of thiazole rings is 1. The molecule has 2 aromatic heterocycles. The first-order valence-corrected chi connectivity index (χ1v) is 7.97. The van der Waals surface area contributed by atoms with Gasteiger partial charge in [-0.1, -0.05) is 0 Å². The Morgan fingerprint density at radius 3 is 3.15 bits per heavy atom. The molecule has 1 fully saturated rings. The van der Waals surface area contributed by atoms with Crippen LogP contribution in [0.2, 0.25) is 0 Å². The Morgan fingerprint density at radius 1 is 1.40 bits per heavy atom. The summed E-state index contributed by atoms with van der Waals surface area (Å²) in [5, 5.41) is 6.39. The van der Waals surface area contributed by atoms with Crippen LogP contribution in [0.3, 0.4) is 0 Å². The molecule has 0 bridgehead atoms. The van der Waals surface area contributed by atoms with Gasteiger partial charge in [0.2, 0.25) is 0 Å². The molecule has 0 amide bonds. The summed E-state index contributed by atoms with van der Waals surface area (Å²) in [5.41, 5.74) is 1.40. The Balaban J connectivity index is 1.68. The van der Waals surface area contributed by atoms with Gasteiger partial charge in [-0.25, -0.2) is 9.97 Å². The lowest BCUT2D eigenvalue weighted by molar-refractivity contribution is 0.200. The van der Waals surface area contributed by atoms with Crippen molar-refractivity contribution in [3.63, 3.8) is 0 Å². The zero-order valence-corrected chi connectivity index (χ0v) is 12.6. The van der Waals surface area contributed by atoms with Gasteiger partial charge in [0, 0.05) is 31.4 Å². The van der Waals surface area contributed by atoms with Gasteiger partial charge in [-0.15, -0.1) is 11.3 Å². The van der Waals surface area contributed by atoms with Crippen molar-refractivity contribution in [2.75, 3.05) is 25.5 Å². The molecule has 1 N–H and O–H groups in total. The van der Waals surface area contributed by atoms with Gasteiger partial charge in [-0.05, 0) is 43.0 Å². The summed E-state index contributed by atoms with van der Waals surface area (Å²) in [7, 11) is 1.92. The lowest BCUT2D eigenvalue weighted by atomic mass is 9.91. The van der Waals surface area contributed by atoms with Crippen LogP contribution in [0.15, 0.2) is 29.9 Å². The summed E-state index contributed by atoms with van der Waals surface area (Å²) in [6.07, 6.45) is 6.32. The second kappa shape index (κ2) is 6.33. The molecule has 2 aromatic rings. The molecule has 1 unspecified atom stereocenters.